The van der Waals surface area contributed by atoms with Gasteiger partial charge in [-0.05, 0) is 64.6 Å². The second-order valence-electron chi connectivity index (χ2n) is 9.22. The van der Waals surface area contributed by atoms with E-state index >= 15 is 0 Å². The summed E-state index contributed by atoms with van der Waals surface area (Å²) in [6.45, 7) is 9.09. The van der Waals surface area contributed by atoms with Crippen molar-refractivity contribution in [1.29, 1.82) is 0 Å². The lowest BCUT2D eigenvalue weighted by atomic mass is 9.85. The van der Waals surface area contributed by atoms with Crippen LogP contribution < -0.4 is 0 Å². The van der Waals surface area contributed by atoms with Crippen molar-refractivity contribution in [3.8, 4) is 0 Å². The van der Waals surface area contributed by atoms with Gasteiger partial charge < -0.3 is 4.74 Å². The van der Waals surface area contributed by atoms with Gasteiger partial charge in [0.2, 0.25) is 0 Å². The molecule has 3 heteroatoms. The van der Waals surface area contributed by atoms with Crippen molar-refractivity contribution >= 4 is 12.0 Å². The van der Waals surface area contributed by atoms with Crippen LogP contribution in [0.5, 0.6) is 0 Å². The second-order valence-corrected chi connectivity index (χ2v) is 9.22. The number of piperidine rings is 1. The second kappa shape index (κ2) is 10.1. The molecule has 0 amide bonds. The highest BCUT2D eigenvalue weighted by atomic mass is 16.6. The lowest BCUT2D eigenvalue weighted by Crippen LogP contribution is -2.50. The number of esters is 1. The zero-order valence-electron chi connectivity index (χ0n) is 18.8. The van der Waals surface area contributed by atoms with Gasteiger partial charge in [0.15, 0.2) is 0 Å². The van der Waals surface area contributed by atoms with Crippen LogP contribution in [-0.4, -0.2) is 29.1 Å². The summed E-state index contributed by atoms with van der Waals surface area (Å²) in [5.41, 5.74) is 2.01. The summed E-state index contributed by atoms with van der Waals surface area (Å²) in [4.78, 5) is 15.6. The van der Waals surface area contributed by atoms with Gasteiger partial charge in [0, 0.05) is 12.1 Å². The van der Waals surface area contributed by atoms with Crippen LogP contribution in [0.4, 0.5) is 0 Å². The molecule has 1 aliphatic heterocycles. The van der Waals surface area contributed by atoms with Crippen molar-refractivity contribution in [2.24, 2.45) is 5.92 Å². The molecule has 0 radical (unpaired) electrons. The Kier molecular flexibility index (Phi) is 7.49. The van der Waals surface area contributed by atoms with Crippen LogP contribution in [0.25, 0.3) is 6.08 Å². The average Bonchev–Trinajstić information content (AvgIpc) is 2.73. The van der Waals surface area contributed by atoms with Crippen LogP contribution in [0.1, 0.15) is 64.1 Å². The number of rotatable bonds is 6. The first-order valence-electron chi connectivity index (χ1n) is 11.1. The number of carbonyl (C=O) groups is 1. The summed E-state index contributed by atoms with van der Waals surface area (Å²) in [7, 11) is 0. The molecule has 3 rings (SSSR count). The number of hydrogen-bond acceptors (Lipinski definition) is 3. The lowest BCUT2D eigenvalue weighted by molar-refractivity contribution is -0.165. The summed E-state index contributed by atoms with van der Waals surface area (Å²) in [6.07, 6.45) is 7.10. The molecule has 0 bridgehead atoms. The maximum Gasteiger partial charge on any atom is 0.311 e. The van der Waals surface area contributed by atoms with Crippen molar-refractivity contribution in [2.75, 3.05) is 6.54 Å². The number of likely N-dealkylation sites (tertiary alicyclic amines) is 1. The van der Waals surface area contributed by atoms with E-state index in [-0.39, 0.29) is 24.0 Å². The standard InChI is InChI=1S/C27H35NO2/c1-21(23-16-9-6-10-17-23)28-20-12-18-24(26(29)30-27(2,3)4)25(28)19-11-15-22-13-7-5-8-14-22/h5-11,13-17,21,24-25H,12,18-20H2,1-4H3/b15-11+/t21-,24+,25-/m1/s1. The molecule has 160 valence electrons. The first kappa shape index (κ1) is 22.3. The van der Waals surface area contributed by atoms with Crippen molar-refractivity contribution in [2.45, 2.75) is 64.6 Å². The number of nitrogens with zero attached hydrogens (tertiary/aromatic N) is 1. The fourth-order valence-corrected chi connectivity index (χ4v) is 4.35. The largest absolute Gasteiger partial charge is 0.460 e. The molecule has 3 nitrogen and oxygen atoms in total. The number of benzene rings is 2. The molecular weight excluding hydrogens is 370 g/mol. The number of ether oxygens (including phenoxy) is 1. The van der Waals surface area contributed by atoms with E-state index in [1.807, 2.05) is 39.0 Å². The predicted octanol–water partition coefficient (Wildman–Crippen LogP) is 6.27. The number of hydrogen-bond donors (Lipinski definition) is 0. The molecule has 2 aromatic carbocycles. The Morgan fingerprint density at radius 2 is 1.73 bits per heavy atom. The maximum atomic E-state index is 13.1. The van der Waals surface area contributed by atoms with Crippen LogP contribution in [0.2, 0.25) is 0 Å². The van der Waals surface area contributed by atoms with Gasteiger partial charge in [-0.25, -0.2) is 0 Å². The molecule has 0 unspecified atom stereocenters. The molecule has 0 aromatic heterocycles. The average molecular weight is 406 g/mol. The normalized spacial score (nSPS) is 21.5. The molecule has 1 fully saturated rings. The third-order valence-electron chi connectivity index (χ3n) is 5.80. The minimum atomic E-state index is -0.463. The molecule has 0 aliphatic carbocycles. The van der Waals surface area contributed by atoms with E-state index in [0.29, 0.717) is 0 Å². The Hall–Kier alpha value is -2.39. The van der Waals surface area contributed by atoms with Crippen LogP contribution in [-0.2, 0) is 9.53 Å². The lowest BCUT2D eigenvalue weighted by Gasteiger charge is -2.44. The zero-order chi connectivity index (χ0) is 21.6. The molecule has 2 aromatic rings. The Morgan fingerprint density at radius 3 is 2.37 bits per heavy atom. The fourth-order valence-electron chi connectivity index (χ4n) is 4.35. The molecule has 0 saturated carbocycles. The van der Waals surface area contributed by atoms with Gasteiger partial charge in [-0.2, -0.15) is 0 Å². The third-order valence-corrected chi connectivity index (χ3v) is 5.80. The van der Waals surface area contributed by atoms with Gasteiger partial charge in [-0.1, -0.05) is 72.8 Å². The van der Waals surface area contributed by atoms with Gasteiger partial charge in [0.05, 0.1) is 5.92 Å². The highest BCUT2D eigenvalue weighted by Gasteiger charge is 2.39. The third kappa shape index (κ3) is 6.06. The summed E-state index contributed by atoms with van der Waals surface area (Å²) in [5, 5.41) is 0. The van der Waals surface area contributed by atoms with Crippen molar-refractivity contribution in [1.82, 2.24) is 4.90 Å². The minimum absolute atomic E-state index is 0.0643. The smallest absolute Gasteiger partial charge is 0.311 e. The van der Waals surface area contributed by atoms with Gasteiger partial charge in [0.1, 0.15) is 5.60 Å². The van der Waals surface area contributed by atoms with E-state index in [1.165, 1.54) is 11.1 Å². The topological polar surface area (TPSA) is 29.5 Å². The van der Waals surface area contributed by atoms with E-state index < -0.39 is 5.60 Å². The van der Waals surface area contributed by atoms with E-state index in [9.17, 15) is 4.79 Å². The Bertz CT molecular complexity index is 823. The minimum Gasteiger partial charge on any atom is -0.460 e. The Labute approximate surface area is 181 Å². The summed E-state index contributed by atoms with van der Waals surface area (Å²) in [6, 6.07) is 21.3. The highest BCUT2D eigenvalue weighted by Crippen LogP contribution is 2.35. The van der Waals surface area contributed by atoms with E-state index in [4.69, 9.17) is 4.74 Å². The van der Waals surface area contributed by atoms with Crippen LogP contribution >= 0.6 is 0 Å². The molecule has 3 atom stereocenters. The van der Waals surface area contributed by atoms with E-state index in [2.05, 4.69) is 66.4 Å². The number of carbonyl (C=O) groups excluding carboxylic acids is 1. The van der Waals surface area contributed by atoms with Gasteiger partial charge in [0.25, 0.3) is 0 Å². The molecule has 0 N–H and O–H groups in total. The Balaban J connectivity index is 1.83. The zero-order valence-corrected chi connectivity index (χ0v) is 18.8. The summed E-state index contributed by atoms with van der Waals surface area (Å²) < 4.78 is 5.82. The molecular formula is C27H35NO2. The SMILES string of the molecule is C[C@H](c1ccccc1)N1CCC[C@H](C(=O)OC(C)(C)C)[C@H]1C/C=C/c1ccccc1. The molecule has 1 saturated heterocycles. The van der Waals surface area contributed by atoms with Crippen molar-refractivity contribution in [3.63, 3.8) is 0 Å². The van der Waals surface area contributed by atoms with Crippen LogP contribution in [0.3, 0.4) is 0 Å². The van der Waals surface area contributed by atoms with Crippen molar-refractivity contribution in [3.05, 3.63) is 77.9 Å². The molecule has 1 heterocycles. The van der Waals surface area contributed by atoms with E-state index in [1.54, 1.807) is 0 Å². The molecule has 1 aliphatic rings. The van der Waals surface area contributed by atoms with E-state index in [0.717, 1.165) is 25.8 Å². The fraction of sp³-hybridized carbons (Fsp3) is 0.444. The molecule has 0 spiro atoms. The quantitative estimate of drug-likeness (QED) is 0.530. The van der Waals surface area contributed by atoms with Crippen molar-refractivity contribution < 1.29 is 9.53 Å². The van der Waals surface area contributed by atoms with Gasteiger partial charge in [-0.3, -0.25) is 9.69 Å². The highest BCUT2D eigenvalue weighted by molar-refractivity contribution is 5.74. The maximum absolute atomic E-state index is 13.1. The predicted molar refractivity (Wildman–Crippen MR) is 124 cm³/mol. The first-order chi connectivity index (χ1) is 14.3. The monoisotopic (exact) mass is 405 g/mol. The van der Waals surface area contributed by atoms with Gasteiger partial charge >= 0.3 is 5.97 Å². The van der Waals surface area contributed by atoms with Crippen LogP contribution in [0, 0.1) is 5.92 Å². The molecule has 30 heavy (non-hydrogen) atoms. The van der Waals surface area contributed by atoms with Gasteiger partial charge in [-0.15, -0.1) is 0 Å². The van der Waals surface area contributed by atoms with Crippen LogP contribution in [0.15, 0.2) is 66.7 Å². The summed E-state index contributed by atoms with van der Waals surface area (Å²) in [5.74, 6) is -0.171. The summed E-state index contributed by atoms with van der Waals surface area (Å²) >= 11 is 0. The first-order valence-corrected chi connectivity index (χ1v) is 11.1. The Morgan fingerprint density at radius 1 is 1.10 bits per heavy atom.